The van der Waals surface area contributed by atoms with Crippen LogP contribution in [-0.2, 0) is 11.3 Å². The van der Waals surface area contributed by atoms with Crippen molar-refractivity contribution < 1.29 is 14.6 Å². The Hall–Kier alpha value is -1.75. The predicted molar refractivity (Wildman–Crippen MR) is 83.5 cm³/mol. The fourth-order valence-corrected chi connectivity index (χ4v) is 2.04. The van der Waals surface area contributed by atoms with E-state index in [4.69, 9.17) is 4.74 Å². The molecule has 118 valence electrons. The molecule has 1 rings (SSSR count). The minimum atomic E-state index is -0.0224. The molecule has 0 aromatic heterocycles. The zero-order chi connectivity index (χ0) is 15.7. The van der Waals surface area contributed by atoms with Crippen LogP contribution in [0.25, 0.3) is 0 Å². The fraction of sp³-hybridized carbons (Fsp3) is 0.562. The van der Waals surface area contributed by atoms with Gasteiger partial charge in [0.25, 0.3) is 0 Å². The molecule has 5 heteroatoms. The van der Waals surface area contributed by atoms with E-state index in [0.29, 0.717) is 25.4 Å². The molecule has 0 bridgehead atoms. The molecule has 5 nitrogen and oxygen atoms in total. The monoisotopic (exact) mass is 294 g/mol. The number of carbonyl (C=O) groups excluding carboxylic acids is 1. The number of hydrogen-bond acceptors (Lipinski definition) is 4. The van der Waals surface area contributed by atoms with Crippen LogP contribution in [0.1, 0.15) is 32.3 Å². The van der Waals surface area contributed by atoms with Gasteiger partial charge in [-0.05, 0) is 25.5 Å². The Balaban J connectivity index is 2.71. The van der Waals surface area contributed by atoms with Gasteiger partial charge in [0.15, 0.2) is 0 Å². The van der Waals surface area contributed by atoms with Crippen molar-refractivity contribution in [3.8, 4) is 11.5 Å². The smallest absolute Gasteiger partial charge is 0.233 e. The van der Waals surface area contributed by atoms with Crippen molar-refractivity contribution in [2.45, 2.75) is 33.2 Å². The van der Waals surface area contributed by atoms with Crippen molar-refractivity contribution in [2.75, 3.05) is 26.7 Å². The molecule has 0 aliphatic carbocycles. The van der Waals surface area contributed by atoms with Crippen molar-refractivity contribution in [3.63, 3.8) is 0 Å². The molecule has 1 amide bonds. The lowest BCUT2D eigenvalue weighted by Gasteiger charge is -2.21. The highest BCUT2D eigenvalue weighted by Gasteiger charge is 2.12. The molecule has 0 fully saturated rings. The van der Waals surface area contributed by atoms with Crippen LogP contribution in [0.3, 0.4) is 0 Å². The van der Waals surface area contributed by atoms with Gasteiger partial charge in [0.1, 0.15) is 11.5 Å². The molecule has 0 spiro atoms. The van der Waals surface area contributed by atoms with Crippen molar-refractivity contribution in [1.82, 2.24) is 10.2 Å². The fourth-order valence-electron chi connectivity index (χ4n) is 2.04. The van der Waals surface area contributed by atoms with Crippen molar-refractivity contribution in [3.05, 3.63) is 23.8 Å². The summed E-state index contributed by atoms with van der Waals surface area (Å²) in [7, 11) is 1.63. The average Bonchev–Trinajstić information content (AvgIpc) is 2.47. The van der Waals surface area contributed by atoms with E-state index >= 15 is 0 Å². The van der Waals surface area contributed by atoms with Crippen LogP contribution >= 0.6 is 0 Å². The zero-order valence-corrected chi connectivity index (χ0v) is 13.2. The topological polar surface area (TPSA) is 61.8 Å². The number of likely N-dealkylation sites (N-methyl/N-ethyl adjacent to an activating group) is 1. The maximum atomic E-state index is 11.5. The molecule has 0 saturated carbocycles. The lowest BCUT2D eigenvalue weighted by Crippen LogP contribution is -2.35. The Morgan fingerprint density at radius 3 is 2.67 bits per heavy atom. The van der Waals surface area contributed by atoms with E-state index in [1.54, 1.807) is 13.1 Å². The molecule has 21 heavy (non-hydrogen) atoms. The summed E-state index contributed by atoms with van der Waals surface area (Å²) in [5.74, 6) is 0.860. The Morgan fingerprint density at radius 1 is 1.33 bits per heavy atom. The lowest BCUT2D eigenvalue weighted by molar-refractivity contribution is -0.121. The Bertz CT molecular complexity index is 449. The molecule has 0 atom stereocenters. The van der Waals surface area contributed by atoms with Gasteiger partial charge in [-0.15, -0.1) is 0 Å². The summed E-state index contributed by atoms with van der Waals surface area (Å²) < 4.78 is 5.49. The highest BCUT2D eigenvalue weighted by atomic mass is 16.5. The Labute approximate surface area is 126 Å². The molecular formula is C16H26N2O3. The number of hydrogen-bond donors (Lipinski definition) is 2. The summed E-state index contributed by atoms with van der Waals surface area (Å²) in [5, 5.41) is 12.7. The van der Waals surface area contributed by atoms with E-state index in [2.05, 4.69) is 12.2 Å². The van der Waals surface area contributed by atoms with Crippen molar-refractivity contribution in [1.29, 1.82) is 0 Å². The highest BCUT2D eigenvalue weighted by Crippen LogP contribution is 2.25. The first kappa shape index (κ1) is 17.3. The third-order valence-electron chi connectivity index (χ3n) is 3.11. The number of nitrogens with one attached hydrogen (secondary N) is 1. The molecule has 0 heterocycles. The second-order valence-corrected chi connectivity index (χ2v) is 5.02. The van der Waals surface area contributed by atoms with E-state index in [1.807, 2.05) is 24.0 Å². The Morgan fingerprint density at radius 2 is 2.10 bits per heavy atom. The minimum Gasteiger partial charge on any atom is -0.507 e. The largest absolute Gasteiger partial charge is 0.507 e. The van der Waals surface area contributed by atoms with Gasteiger partial charge in [0.05, 0.1) is 13.2 Å². The normalized spacial score (nSPS) is 10.7. The van der Waals surface area contributed by atoms with E-state index < -0.39 is 0 Å². The van der Waals surface area contributed by atoms with E-state index in [9.17, 15) is 9.90 Å². The molecule has 2 N–H and O–H groups in total. The first-order chi connectivity index (χ1) is 10.1. The summed E-state index contributed by atoms with van der Waals surface area (Å²) in [6, 6.07) is 5.34. The SMILES string of the molecule is CCCOc1ccc(CN(CCC)CC(=O)NC)c(O)c1. The van der Waals surface area contributed by atoms with E-state index in [0.717, 1.165) is 24.9 Å². The maximum absolute atomic E-state index is 11.5. The molecule has 0 unspecified atom stereocenters. The average molecular weight is 294 g/mol. The van der Waals surface area contributed by atoms with Gasteiger partial charge in [0.2, 0.25) is 5.91 Å². The second-order valence-electron chi connectivity index (χ2n) is 5.02. The summed E-state index contributed by atoms with van der Waals surface area (Å²) in [5.41, 5.74) is 0.802. The van der Waals surface area contributed by atoms with E-state index in [1.165, 1.54) is 0 Å². The van der Waals surface area contributed by atoms with Crippen LogP contribution in [0.15, 0.2) is 18.2 Å². The van der Waals surface area contributed by atoms with Gasteiger partial charge in [-0.2, -0.15) is 0 Å². The molecule has 0 radical (unpaired) electrons. The molecular weight excluding hydrogens is 268 g/mol. The van der Waals surface area contributed by atoms with Gasteiger partial charge in [0, 0.05) is 25.2 Å². The predicted octanol–water partition coefficient (Wildman–Crippen LogP) is 2.14. The van der Waals surface area contributed by atoms with E-state index in [-0.39, 0.29) is 11.7 Å². The quantitative estimate of drug-likeness (QED) is 0.732. The number of amides is 1. The van der Waals surface area contributed by atoms with Gasteiger partial charge in [-0.25, -0.2) is 0 Å². The lowest BCUT2D eigenvalue weighted by atomic mass is 10.1. The number of benzene rings is 1. The van der Waals surface area contributed by atoms with Crippen LogP contribution in [0.4, 0.5) is 0 Å². The molecule has 0 saturated heterocycles. The third kappa shape index (κ3) is 6.04. The molecule has 0 aliphatic rings. The number of aromatic hydroxyl groups is 1. The number of rotatable bonds is 9. The van der Waals surface area contributed by atoms with Crippen LogP contribution in [0.2, 0.25) is 0 Å². The van der Waals surface area contributed by atoms with Crippen molar-refractivity contribution >= 4 is 5.91 Å². The number of nitrogens with zero attached hydrogens (tertiary/aromatic N) is 1. The summed E-state index contributed by atoms with van der Waals surface area (Å²) in [6.45, 7) is 6.42. The zero-order valence-electron chi connectivity index (χ0n) is 13.2. The van der Waals surface area contributed by atoms with Crippen molar-refractivity contribution in [2.24, 2.45) is 0 Å². The second kappa shape index (κ2) is 9.23. The van der Waals surface area contributed by atoms with Gasteiger partial charge < -0.3 is 15.2 Å². The highest BCUT2D eigenvalue weighted by molar-refractivity contribution is 5.77. The van der Waals surface area contributed by atoms with Gasteiger partial charge in [-0.3, -0.25) is 9.69 Å². The maximum Gasteiger partial charge on any atom is 0.233 e. The summed E-state index contributed by atoms with van der Waals surface area (Å²) in [6.07, 6.45) is 1.88. The first-order valence-electron chi connectivity index (χ1n) is 7.48. The Kier molecular flexibility index (Phi) is 7.61. The summed E-state index contributed by atoms with van der Waals surface area (Å²) in [4.78, 5) is 13.5. The van der Waals surface area contributed by atoms with Gasteiger partial charge in [-0.1, -0.05) is 19.9 Å². The summed E-state index contributed by atoms with van der Waals surface area (Å²) >= 11 is 0. The first-order valence-corrected chi connectivity index (χ1v) is 7.48. The number of carbonyl (C=O) groups is 1. The molecule has 1 aromatic carbocycles. The minimum absolute atomic E-state index is 0.0224. The number of phenols is 1. The number of phenolic OH excluding ortho intramolecular Hbond substituents is 1. The van der Waals surface area contributed by atoms with Crippen LogP contribution in [0.5, 0.6) is 11.5 Å². The molecule has 0 aliphatic heterocycles. The standard InChI is InChI=1S/C16H26N2O3/c1-4-8-18(12-16(20)17-3)11-13-6-7-14(10-15(13)19)21-9-5-2/h6-7,10,19H,4-5,8-9,11-12H2,1-3H3,(H,17,20). The van der Waals surface area contributed by atoms with Gasteiger partial charge >= 0.3 is 0 Å². The number of ether oxygens (including phenoxy) is 1. The third-order valence-corrected chi connectivity index (χ3v) is 3.11. The van der Waals surface area contributed by atoms with Crippen LogP contribution in [0, 0.1) is 0 Å². The molecule has 1 aromatic rings. The van der Waals surface area contributed by atoms with Crippen LogP contribution < -0.4 is 10.1 Å². The van der Waals surface area contributed by atoms with Crippen LogP contribution in [-0.4, -0.2) is 42.7 Å².